The lowest BCUT2D eigenvalue weighted by Crippen LogP contribution is -3.28. The monoisotopic (exact) mass is 415 g/mol. The van der Waals surface area contributed by atoms with Gasteiger partial charge in [0.25, 0.3) is 5.91 Å². The molecule has 0 spiro atoms. The highest BCUT2D eigenvalue weighted by Crippen LogP contribution is 2.23. The zero-order chi connectivity index (χ0) is 16.9. The van der Waals surface area contributed by atoms with Crippen molar-refractivity contribution in [3.63, 3.8) is 0 Å². The maximum atomic E-state index is 12.4. The maximum absolute atomic E-state index is 12.4. The normalized spacial score (nSPS) is 30.9. The van der Waals surface area contributed by atoms with E-state index in [4.69, 9.17) is 0 Å². The molecule has 24 heavy (non-hydrogen) atoms. The van der Waals surface area contributed by atoms with Crippen molar-refractivity contribution in [1.29, 1.82) is 0 Å². The number of carbonyl (C=O) groups excluding carboxylic acids is 1. The van der Waals surface area contributed by atoms with Gasteiger partial charge in [-0.15, -0.1) is 11.3 Å². The van der Waals surface area contributed by atoms with Gasteiger partial charge in [0.2, 0.25) is 0 Å². The summed E-state index contributed by atoms with van der Waals surface area (Å²) in [5.41, 5.74) is 0. The molecule has 1 aliphatic heterocycles. The fraction of sp³-hybridized carbons (Fsp3) is 0.722. The van der Waals surface area contributed by atoms with E-state index in [-0.39, 0.29) is 5.91 Å². The Bertz CT molecular complexity index is 542. The summed E-state index contributed by atoms with van der Waals surface area (Å²) in [7, 11) is 0. The Morgan fingerprint density at radius 1 is 1.21 bits per heavy atom. The van der Waals surface area contributed by atoms with Gasteiger partial charge in [-0.3, -0.25) is 4.79 Å². The topological polar surface area (TPSA) is 38.0 Å². The first-order valence-corrected chi connectivity index (χ1v) is 10.9. The molecule has 0 unspecified atom stereocenters. The lowest BCUT2D eigenvalue weighted by atomic mass is 9.86. The number of rotatable bonds is 5. The van der Waals surface area contributed by atoms with Crippen molar-refractivity contribution < 1.29 is 14.6 Å². The zero-order valence-electron chi connectivity index (χ0n) is 14.6. The van der Waals surface area contributed by atoms with Gasteiger partial charge >= 0.3 is 0 Å². The zero-order valence-corrected chi connectivity index (χ0v) is 17.0. The van der Waals surface area contributed by atoms with E-state index in [0.29, 0.717) is 18.5 Å². The molecule has 1 saturated carbocycles. The minimum Gasteiger partial charge on any atom is -0.348 e. The van der Waals surface area contributed by atoms with Crippen LogP contribution in [0.25, 0.3) is 0 Å². The first-order chi connectivity index (χ1) is 11.6. The molecule has 134 valence electrons. The van der Waals surface area contributed by atoms with E-state index in [0.717, 1.165) is 39.1 Å². The predicted octanol–water partition coefficient (Wildman–Crippen LogP) is 0.489. The quantitative estimate of drug-likeness (QED) is 0.643. The second-order valence-electron chi connectivity index (χ2n) is 7.50. The van der Waals surface area contributed by atoms with Crippen LogP contribution in [0.15, 0.2) is 15.9 Å². The first-order valence-electron chi connectivity index (χ1n) is 9.31. The summed E-state index contributed by atoms with van der Waals surface area (Å²) < 4.78 is 1.22. The molecule has 1 saturated heterocycles. The highest BCUT2D eigenvalue weighted by atomic mass is 79.9. The average Bonchev–Trinajstić information content (AvgIpc) is 2.96. The molecule has 2 fully saturated rings. The third kappa shape index (κ3) is 5.28. The minimum atomic E-state index is 0.259. The van der Waals surface area contributed by atoms with Crippen LogP contribution in [0.4, 0.5) is 0 Å². The van der Waals surface area contributed by atoms with Crippen molar-refractivity contribution in [2.45, 2.75) is 45.2 Å². The van der Waals surface area contributed by atoms with E-state index < -0.39 is 0 Å². The summed E-state index contributed by atoms with van der Waals surface area (Å²) >= 11 is 5.38. The van der Waals surface area contributed by atoms with Crippen LogP contribution in [0, 0.1) is 5.92 Å². The largest absolute Gasteiger partial charge is 0.348 e. The summed E-state index contributed by atoms with van der Waals surface area (Å²) in [5, 5.41) is 3.30. The number of hydrogen-bond acceptors (Lipinski definition) is 2. The third-order valence-electron chi connectivity index (χ3n) is 5.59. The average molecular weight is 416 g/mol. The molecule has 1 amide bonds. The Balaban J connectivity index is 1.37. The van der Waals surface area contributed by atoms with Crippen molar-refractivity contribution in [2.75, 3.05) is 32.7 Å². The smallest absolute Gasteiger partial charge is 0.275 e. The number of carbonyl (C=O) groups is 1. The molecule has 2 atom stereocenters. The van der Waals surface area contributed by atoms with Crippen molar-refractivity contribution in [2.24, 2.45) is 5.92 Å². The number of amides is 1. The van der Waals surface area contributed by atoms with E-state index >= 15 is 0 Å². The SMILES string of the molecule is C[C@@H]1CCCC[C@@H]1NC(=O)C[NH+]1CC[NH+](Cc2ccc(Br)s2)CC1. The van der Waals surface area contributed by atoms with Crippen LogP contribution in [-0.4, -0.2) is 44.7 Å². The number of piperazine rings is 1. The minimum absolute atomic E-state index is 0.259. The summed E-state index contributed by atoms with van der Waals surface area (Å²) in [6.07, 6.45) is 5.02. The van der Waals surface area contributed by atoms with E-state index in [9.17, 15) is 4.79 Å². The Morgan fingerprint density at radius 3 is 2.58 bits per heavy atom. The number of nitrogens with one attached hydrogen (secondary N) is 3. The number of halogens is 1. The highest BCUT2D eigenvalue weighted by molar-refractivity contribution is 9.11. The van der Waals surface area contributed by atoms with Crippen molar-refractivity contribution in [1.82, 2.24) is 5.32 Å². The molecule has 4 nitrogen and oxygen atoms in total. The second-order valence-corrected chi connectivity index (χ2v) is 10.0. The van der Waals surface area contributed by atoms with Gasteiger partial charge in [-0.05, 0) is 46.8 Å². The molecule has 3 N–H and O–H groups in total. The van der Waals surface area contributed by atoms with E-state index in [2.05, 4.69) is 40.3 Å². The summed E-state index contributed by atoms with van der Waals surface area (Å²) in [5.74, 6) is 0.901. The van der Waals surface area contributed by atoms with Gasteiger partial charge in [-0.1, -0.05) is 19.8 Å². The van der Waals surface area contributed by atoms with Gasteiger partial charge in [-0.2, -0.15) is 0 Å². The molecule has 0 aromatic carbocycles. The van der Waals surface area contributed by atoms with Crippen LogP contribution in [0.3, 0.4) is 0 Å². The molecule has 2 heterocycles. The van der Waals surface area contributed by atoms with Gasteiger partial charge in [0, 0.05) is 6.04 Å². The van der Waals surface area contributed by atoms with Crippen LogP contribution in [0.1, 0.15) is 37.5 Å². The van der Waals surface area contributed by atoms with Crippen molar-refractivity contribution in [3.05, 3.63) is 20.8 Å². The van der Waals surface area contributed by atoms with Crippen LogP contribution in [0.5, 0.6) is 0 Å². The highest BCUT2D eigenvalue weighted by Gasteiger charge is 2.27. The number of hydrogen-bond donors (Lipinski definition) is 3. The van der Waals surface area contributed by atoms with Gasteiger partial charge in [0.15, 0.2) is 6.54 Å². The maximum Gasteiger partial charge on any atom is 0.275 e. The second kappa shape index (κ2) is 8.79. The molecule has 0 bridgehead atoms. The molecular formula is C18H30BrN3OS+2. The third-order valence-corrected chi connectivity index (χ3v) is 7.21. The standard InChI is InChI=1S/C18H28BrN3OS/c1-14-4-2-3-5-16(14)20-18(23)13-22-10-8-21(9-11-22)12-15-6-7-17(19)24-15/h6-7,14,16H,2-5,8-13H2,1H3,(H,20,23)/p+2/t14-,16+/m1/s1. The molecule has 0 radical (unpaired) electrons. The Kier molecular flexibility index (Phi) is 6.72. The first kappa shape index (κ1) is 18.4. The van der Waals surface area contributed by atoms with E-state index in [1.807, 2.05) is 11.3 Å². The van der Waals surface area contributed by atoms with Gasteiger partial charge < -0.3 is 15.1 Å². The Morgan fingerprint density at radius 2 is 1.92 bits per heavy atom. The molecular weight excluding hydrogens is 386 g/mol. The Labute approximate surface area is 157 Å². The van der Waals surface area contributed by atoms with Crippen molar-refractivity contribution >= 4 is 33.2 Å². The summed E-state index contributed by atoms with van der Waals surface area (Å²) in [6.45, 7) is 8.60. The lowest BCUT2D eigenvalue weighted by Gasteiger charge is -2.31. The van der Waals surface area contributed by atoms with Gasteiger partial charge in [0.05, 0.1) is 8.66 Å². The van der Waals surface area contributed by atoms with Crippen LogP contribution in [0.2, 0.25) is 0 Å². The molecule has 6 heteroatoms. The number of quaternary nitrogens is 2. The molecule has 2 aliphatic rings. The summed E-state index contributed by atoms with van der Waals surface area (Å²) in [6, 6.07) is 4.77. The fourth-order valence-corrected chi connectivity index (χ4v) is 5.57. The van der Waals surface area contributed by atoms with Crippen LogP contribution in [-0.2, 0) is 11.3 Å². The molecule has 1 aromatic heterocycles. The molecule has 3 rings (SSSR count). The molecule has 1 aromatic rings. The van der Waals surface area contributed by atoms with E-state index in [1.54, 1.807) is 4.90 Å². The van der Waals surface area contributed by atoms with Gasteiger partial charge in [0.1, 0.15) is 32.7 Å². The van der Waals surface area contributed by atoms with Crippen molar-refractivity contribution in [3.8, 4) is 0 Å². The van der Waals surface area contributed by atoms with Crippen LogP contribution < -0.4 is 15.1 Å². The summed E-state index contributed by atoms with van der Waals surface area (Å²) in [4.78, 5) is 16.9. The van der Waals surface area contributed by atoms with Gasteiger partial charge in [-0.25, -0.2) is 0 Å². The fourth-order valence-electron chi connectivity index (χ4n) is 4.02. The number of thiophene rings is 1. The van der Waals surface area contributed by atoms with E-state index in [1.165, 1.54) is 32.8 Å². The lowest BCUT2D eigenvalue weighted by molar-refractivity contribution is -1.01. The molecule has 1 aliphatic carbocycles. The predicted molar refractivity (Wildman–Crippen MR) is 102 cm³/mol. The van der Waals surface area contributed by atoms with Crippen LogP contribution >= 0.6 is 27.3 Å². The Hall–Kier alpha value is -0.430.